The second-order valence-corrected chi connectivity index (χ2v) is 1.63. The van der Waals surface area contributed by atoms with Gasteiger partial charge in [-0.15, -0.1) is 0 Å². The van der Waals surface area contributed by atoms with Crippen molar-refractivity contribution < 1.29 is 14.7 Å². The molecular weight excluding hydrogens is 120 g/mol. The molecule has 0 aliphatic carbocycles. The number of carboxylic acid groups (broad SMARTS) is 1. The van der Waals surface area contributed by atoms with Crippen molar-refractivity contribution in [3.05, 3.63) is 18.6 Å². The summed E-state index contributed by atoms with van der Waals surface area (Å²) in [5.74, 6) is -1.77. The number of ketones is 1. The summed E-state index contributed by atoms with van der Waals surface area (Å²) in [4.78, 5) is 20.2. The zero-order chi connectivity index (χ0) is 7.44. The first-order valence-corrected chi connectivity index (χ1v) is 2.31. The SMILES string of the molecule is C=C(C)C(=O)[CH]C(=O)O. The molecule has 0 amide bonds. The molecule has 0 aliphatic heterocycles. The second kappa shape index (κ2) is 3.02. The maximum atomic E-state index is 10.4. The Morgan fingerprint density at radius 1 is 1.56 bits per heavy atom. The van der Waals surface area contributed by atoms with Crippen LogP contribution in [-0.2, 0) is 9.59 Å². The van der Waals surface area contributed by atoms with Crippen molar-refractivity contribution in [1.29, 1.82) is 0 Å². The van der Waals surface area contributed by atoms with Crippen molar-refractivity contribution in [2.45, 2.75) is 6.92 Å². The van der Waals surface area contributed by atoms with Gasteiger partial charge < -0.3 is 5.11 Å². The molecule has 0 aliphatic rings. The number of Topliss-reactive ketones (excluding diaryl/α,β-unsaturated/α-hetero) is 1. The van der Waals surface area contributed by atoms with Crippen LogP contribution < -0.4 is 0 Å². The van der Waals surface area contributed by atoms with E-state index in [9.17, 15) is 9.59 Å². The summed E-state index contributed by atoms with van der Waals surface area (Å²) in [6, 6.07) is 0. The van der Waals surface area contributed by atoms with E-state index in [-0.39, 0.29) is 5.57 Å². The van der Waals surface area contributed by atoms with Crippen molar-refractivity contribution in [1.82, 2.24) is 0 Å². The predicted molar refractivity (Wildman–Crippen MR) is 31.8 cm³/mol. The first-order valence-electron chi connectivity index (χ1n) is 2.31. The zero-order valence-electron chi connectivity index (χ0n) is 5.05. The predicted octanol–water partition coefficient (Wildman–Crippen LogP) is 0.420. The molecule has 3 heteroatoms. The van der Waals surface area contributed by atoms with Crippen molar-refractivity contribution in [3.63, 3.8) is 0 Å². The quantitative estimate of drug-likeness (QED) is 0.441. The van der Waals surface area contributed by atoms with Crippen LogP contribution in [0.2, 0.25) is 0 Å². The van der Waals surface area contributed by atoms with Gasteiger partial charge in [-0.25, -0.2) is 0 Å². The smallest absolute Gasteiger partial charge is 0.315 e. The van der Waals surface area contributed by atoms with Gasteiger partial charge in [-0.2, -0.15) is 0 Å². The van der Waals surface area contributed by atoms with E-state index in [0.717, 1.165) is 0 Å². The third-order valence-electron chi connectivity index (χ3n) is 0.675. The minimum Gasteiger partial charge on any atom is -0.481 e. The number of carbonyl (C=O) groups excluding carboxylic acids is 1. The highest BCUT2D eigenvalue weighted by Gasteiger charge is 2.07. The Kier molecular flexibility index (Phi) is 2.64. The van der Waals surface area contributed by atoms with Crippen LogP contribution in [0.4, 0.5) is 0 Å². The van der Waals surface area contributed by atoms with Gasteiger partial charge in [-0.1, -0.05) is 6.58 Å². The number of carboxylic acids is 1. The molecule has 9 heavy (non-hydrogen) atoms. The molecule has 0 aromatic heterocycles. The highest BCUT2D eigenvalue weighted by Crippen LogP contribution is 1.92. The number of carbonyl (C=O) groups is 2. The Bertz CT molecular complexity index is 158. The maximum absolute atomic E-state index is 10.4. The molecule has 0 bridgehead atoms. The summed E-state index contributed by atoms with van der Waals surface area (Å²) in [6.07, 6.45) is 0.586. The number of hydrogen-bond donors (Lipinski definition) is 1. The van der Waals surface area contributed by atoms with E-state index in [1.165, 1.54) is 6.92 Å². The van der Waals surface area contributed by atoms with Crippen LogP contribution in [0.25, 0.3) is 0 Å². The van der Waals surface area contributed by atoms with Crippen LogP contribution >= 0.6 is 0 Å². The van der Waals surface area contributed by atoms with Crippen LogP contribution in [0.1, 0.15) is 6.92 Å². The standard InChI is InChI=1S/C6H7O3/c1-4(2)5(7)3-6(8)9/h3H,1H2,2H3,(H,8,9). The Morgan fingerprint density at radius 2 is 2.00 bits per heavy atom. The normalized spacial score (nSPS) is 8.56. The Labute approximate surface area is 53.0 Å². The van der Waals surface area contributed by atoms with Gasteiger partial charge in [0.1, 0.15) is 6.42 Å². The second-order valence-electron chi connectivity index (χ2n) is 1.63. The Balaban J connectivity index is 3.79. The molecule has 0 saturated carbocycles. The Hall–Kier alpha value is -1.12. The summed E-state index contributed by atoms with van der Waals surface area (Å²) in [7, 11) is 0. The van der Waals surface area contributed by atoms with E-state index >= 15 is 0 Å². The molecule has 3 nitrogen and oxygen atoms in total. The van der Waals surface area contributed by atoms with Crippen LogP contribution in [0.3, 0.4) is 0 Å². The topological polar surface area (TPSA) is 54.4 Å². The van der Waals surface area contributed by atoms with Crippen molar-refractivity contribution in [2.75, 3.05) is 0 Å². The average Bonchev–Trinajstić information content (AvgIpc) is 1.63. The Morgan fingerprint density at radius 3 is 2.11 bits per heavy atom. The van der Waals surface area contributed by atoms with E-state index in [2.05, 4.69) is 6.58 Å². The van der Waals surface area contributed by atoms with Crippen LogP contribution in [0.5, 0.6) is 0 Å². The van der Waals surface area contributed by atoms with Gasteiger partial charge in [0.15, 0.2) is 5.78 Å². The van der Waals surface area contributed by atoms with Crippen molar-refractivity contribution in [2.24, 2.45) is 0 Å². The number of rotatable bonds is 3. The molecule has 0 aromatic rings. The molecule has 0 aromatic carbocycles. The van der Waals surface area contributed by atoms with Crippen LogP contribution in [-0.4, -0.2) is 16.9 Å². The van der Waals surface area contributed by atoms with Gasteiger partial charge in [0.25, 0.3) is 0 Å². The lowest BCUT2D eigenvalue weighted by molar-refractivity contribution is -0.134. The van der Waals surface area contributed by atoms with Crippen molar-refractivity contribution >= 4 is 11.8 Å². The van der Waals surface area contributed by atoms with Gasteiger partial charge in [0.2, 0.25) is 0 Å². The molecular formula is C6H7O3. The fraction of sp³-hybridized carbons (Fsp3) is 0.167. The summed E-state index contributed by atoms with van der Waals surface area (Å²) in [5, 5.41) is 8.02. The van der Waals surface area contributed by atoms with E-state index in [1.54, 1.807) is 0 Å². The lowest BCUT2D eigenvalue weighted by atomic mass is 10.2. The van der Waals surface area contributed by atoms with Crippen LogP contribution in [0, 0.1) is 6.42 Å². The highest BCUT2D eigenvalue weighted by atomic mass is 16.4. The molecule has 0 atom stereocenters. The molecule has 0 unspecified atom stereocenters. The van der Waals surface area contributed by atoms with E-state index in [4.69, 9.17) is 5.11 Å². The van der Waals surface area contributed by atoms with Gasteiger partial charge in [0, 0.05) is 0 Å². The lowest BCUT2D eigenvalue weighted by Crippen LogP contribution is -2.07. The molecule has 49 valence electrons. The monoisotopic (exact) mass is 127 g/mol. The molecule has 0 rings (SSSR count). The molecule has 1 N–H and O–H groups in total. The maximum Gasteiger partial charge on any atom is 0.315 e. The van der Waals surface area contributed by atoms with Gasteiger partial charge >= 0.3 is 5.97 Å². The minimum atomic E-state index is -1.23. The first-order chi connectivity index (χ1) is 4.04. The van der Waals surface area contributed by atoms with E-state index in [1.807, 2.05) is 0 Å². The highest BCUT2D eigenvalue weighted by molar-refractivity contribution is 6.14. The lowest BCUT2D eigenvalue weighted by Gasteiger charge is -1.90. The first kappa shape index (κ1) is 7.88. The third-order valence-corrected chi connectivity index (χ3v) is 0.675. The molecule has 0 spiro atoms. The largest absolute Gasteiger partial charge is 0.481 e. The summed E-state index contributed by atoms with van der Waals surface area (Å²) in [5.41, 5.74) is 0.234. The minimum absolute atomic E-state index is 0.234. The van der Waals surface area contributed by atoms with E-state index in [0.29, 0.717) is 6.42 Å². The zero-order valence-corrected chi connectivity index (χ0v) is 5.05. The number of allylic oxidation sites excluding steroid dienone is 1. The molecule has 0 saturated heterocycles. The molecule has 0 fully saturated rings. The fourth-order valence-corrected chi connectivity index (χ4v) is 0.235. The summed E-state index contributed by atoms with van der Waals surface area (Å²) >= 11 is 0. The number of hydrogen-bond acceptors (Lipinski definition) is 2. The summed E-state index contributed by atoms with van der Waals surface area (Å²) < 4.78 is 0. The van der Waals surface area contributed by atoms with Crippen LogP contribution in [0.15, 0.2) is 12.2 Å². The van der Waals surface area contributed by atoms with Gasteiger partial charge in [-0.05, 0) is 12.5 Å². The average molecular weight is 127 g/mol. The molecule has 0 heterocycles. The summed E-state index contributed by atoms with van der Waals surface area (Å²) in [6.45, 7) is 4.72. The van der Waals surface area contributed by atoms with Gasteiger partial charge in [-0.3, -0.25) is 9.59 Å². The van der Waals surface area contributed by atoms with Gasteiger partial charge in [0.05, 0.1) is 0 Å². The fourth-order valence-electron chi connectivity index (χ4n) is 0.235. The molecule has 1 radical (unpaired) electrons. The van der Waals surface area contributed by atoms with Crippen molar-refractivity contribution in [3.8, 4) is 0 Å². The third kappa shape index (κ3) is 3.46. The van der Waals surface area contributed by atoms with E-state index < -0.39 is 11.8 Å². The number of aliphatic carboxylic acids is 1.